The van der Waals surface area contributed by atoms with Gasteiger partial charge in [0.15, 0.2) is 23.3 Å². The standard InChI is InChI=1S/C24H26BrF2N3O2S.C23H25BrF2N4O2S.2C23H26BrFN4O2S/c1-14-5-9-16(10-6-14)33(31,32)29-22(15-7-8-15)18-13-28-30(24(2,3)4)23(18)17-11-20(26)21(27)12-19(17)25;1-13-5-8-15(11-27-13)33(31,32)29-21(14-6-7-14)17-12-28-30(23(2,3)4)22(17)16-9-19(25)20(26)10-18(16)24;1-14-5-9-17(12-26-14)32(30,31)28-21(15-6-7-15)19-13-27-29(23(2,3)4)22(19)18-11-16(25)8-10-20(18)24;1-14-5-9-17(12-26-14)32(30,31)28-21(15-6-7-15)19-13-27-29(23(2,3)4)22(19)18-10-8-16(25)11-20(18)24/h5-6,9-13,15,22,29H,7-8H2,1-4H3;5,8-12,14,21,29H,6-7H2,1-4H3;2*5,8-13,15,21,28H,6-7H2,1-4H3. The van der Waals surface area contributed by atoms with Crippen molar-refractivity contribution in [3.05, 3.63) is 262 Å². The van der Waals surface area contributed by atoms with E-state index >= 15 is 0 Å². The first-order valence-corrected chi connectivity index (χ1v) is 51.3. The Morgan fingerprint density at radius 2 is 0.562 bits per heavy atom. The Morgan fingerprint density at radius 1 is 0.308 bits per heavy atom. The molecule has 12 aromatic rings. The molecular formula is C93H103Br4F6N15O8S4. The van der Waals surface area contributed by atoms with Crippen LogP contribution >= 0.6 is 63.7 Å². The summed E-state index contributed by atoms with van der Waals surface area (Å²) in [5, 5.41) is 18.3. The fraction of sp³-hybridized carbons (Fsp3) is 0.387. The first kappa shape index (κ1) is 99.0. The molecule has 0 aliphatic heterocycles. The topological polar surface area (TPSA) is 295 Å². The number of hydrogen-bond donors (Lipinski definition) is 4. The quantitative estimate of drug-likeness (QED) is 0.0323. The summed E-state index contributed by atoms with van der Waals surface area (Å²) in [6, 6.07) is 27.6. The molecule has 4 N–H and O–H groups in total. The SMILES string of the molecule is Cc1ccc(S(=O)(=O)NC(c2cnn(C(C)(C)C)c2-c2cc(F)c(F)cc2Br)C2CC2)cc1.Cc1ccc(S(=O)(=O)NC(c2cnn(C(C)(C)C)c2-c2cc(F)c(F)cc2Br)C2CC2)cn1.Cc1ccc(S(=O)(=O)NC(c2cnn(C(C)(C)C)c2-c2cc(F)ccc2Br)C2CC2)cn1.Cc1ccc(S(=O)(=O)NC(c2cnn(C(C)(C)C)c2-c2ccc(F)cc2Br)C2CC2)cn1. The Hall–Kier alpha value is -8.47. The summed E-state index contributed by atoms with van der Waals surface area (Å²) < 4.78 is 210. The summed E-state index contributed by atoms with van der Waals surface area (Å²) in [6.45, 7) is 31.1. The van der Waals surface area contributed by atoms with Crippen molar-refractivity contribution in [1.29, 1.82) is 0 Å². The van der Waals surface area contributed by atoms with E-state index in [1.165, 1.54) is 48.9 Å². The number of nitrogens with one attached hydrogen (secondary N) is 4. The predicted octanol–water partition coefficient (Wildman–Crippen LogP) is 22.2. The molecule has 16 rings (SSSR count). The Bertz CT molecular complexity index is 6480. The highest BCUT2D eigenvalue weighted by Crippen LogP contribution is 2.52. The lowest BCUT2D eigenvalue weighted by molar-refractivity contribution is 0.359. The molecule has 37 heteroatoms. The van der Waals surface area contributed by atoms with Gasteiger partial charge in [-0.3, -0.25) is 33.7 Å². The smallest absolute Gasteiger partial charge is 0.242 e. The average molecular weight is 2120 g/mol. The zero-order chi connectivity index (χ0) is 94.8. The molecule has 130 heavy (non-hydrogen) atoms. The van der Waals surface area contributed by atoms with Crippen molar-refractivity contribution in [2.24, 2.45) is 23.7 Å². The lowest BCUT2D eigenvalue weighted by atomic mass is 9.98. The second kappa shape index (κ2) is 38.5. The molecule has 5 aromatic carbocycles. The molecule has 0 spiro atoms. The van der Waals surface area contributed by atoms with Gasteiger partial charge in [-0.2, -0.15) is 20.4 Å². The molecule has 0 radical (unpaired) electrons. The van der Waals surface area contributed by atoms with Gasteiger partial charge >= 0.3 is 0 Å². The van der Waals surface area contributed by atoms with E-state index in [9.17, 15) is 60.0 Å². The van der Waals surface area contributed by atoms with Crippen LogP contribution in [-0.4, -0.2) is 87.7 Å². The summed E-state index contributed by atoms with van der Waals surface area (Å²) in [5.74, 6) is -4.16. The van der Waals surface area contributed by atoms with Gasteiger partial charge in [-0.15, -0.1) is 0 Å². The number of aryl methyl sites for hydroxylation is 4. The van der Waals surface area contributed by atoms with Gasteiger partial charge in [0.05, 0.1) is 98.8 Å². The zero-order valence-corrected chi connectivity index (χ0v) is 84.1. The van der Waals surface area contributed by atoms with Crippen molar-refractivity contribution >= 4 is 104 Å². The molecule has 692 valence electrons. The van der Waals surface area contributed by atoms with E-state index in [4.69, 9.17) is 0 Å². The molecule has 4 fully saturated rings. The number of aromatic nitrogens is 11. The van der Waals surface area contributed by atoms with Crippen molar-refractivity contribution in [2.45, 2.75) is 228 Å². The van der Waals surface area contributed by atoms with Gasteiger partial charge in [0.25, 0.3) is 0 Å². The lowest BCUT2D eigenvalue weighted by Crippen LogP contribution is -2.31. The third-order valence-electron chi connectivity index (χ3n) is 22.4. The molecule has 4 atom stereocenters. The van der Waals surface area contributed by atoms with Crippen LogP contribution in [0.1, 0.15) is 204 Å². The molecule has 0 saturated heterocycles. The van der Waals surface area contributed by atoms with Crippen LogP contribution < -0.4 is 18.9 Å². The highest BCUT2D eigenvalue weighted by molar-refractivity contribution is 9.11. The lowest BCUT2D eigenvalue weighted by Gasteiger charge is -2.26. The second-order valence-electron chi connectivity index (χ2n) is 37.3. The number of nitrogens with zero attached hydrogens (tertiary/aromatic N) is 11. The first-order chi connectivity index (χ1) is 60.7. The van der Waals surface area contributed by atoms with Crippen molar-refractivity contribution in [1.82, 2.24) is 73.0 Å². The number of halogens is 10. The van der Waals surface area contributed by atoms with E-state index in [0.717, 1.165) is 115 Å². The number of hydrogen-bond acceptors (Lipinski definition) is 15. The van der Waals surface area contributed by atoms with Gasteiger partial charge in [0.2, 0.25) is 40.1 Å². The van der Waals surface area contributed by atoms with Crippen LogP contribution in [0.15, 0.2) is 202 Å². The molecule has 23 nitrogen and oxygen atoms in total. The van der Waals surface area contributed by atoms with Crippen LogP contribution in [0.4, 0.5) is 26.3 Å². The van der Waals surface area contributed by atoms with E-state index in [-0.39, 0.29) is 60.4 Å². The minimum absolute atomic E-state index is 0.0671. The molecule has 0 amide bonds. The molecule has 4 unspecified atom stereocenters. The Balaban J connectivity index is 0.000000148. The van der Waals surface area contributed by atoms with E-state index < -0.39 is 104 Å². The van der Waals surface area contributed by atoms with Gasteiger partial charge in [0, 0.05) is 98.1 Å². The monoisotopic (exact) mass is 2120 g/mol. The van der Waals surface area contributed by atoms with Gasteiger partial charge in [-0.25, -0.2) is 78.9 Å². The minimum atomic E-state index is -3.87. The molecule has 4 aliphatic carbocycles. The predicted molar refractivity (Wildman–Crippen MR) is 502 cm³/mol. The van der Waals surface area contributed by atoms with E-state index in [1.54, 1.807) is 115 Å². The normalized spacial score (nSPS) is 15.6. The summed E-state index contributed by atoms with van der Waals surface area (Å²) in [7, 11) is -15.3. The molecule has 7 heterocycles. The summed E-state index contributed by atoms with van der Waals surface area (Å²) in [4.78, 5) is 12.8. The van der Waals surface area contributed by atoms with Gasteiger partial charge in [-0.05, 0) is 343 Å². The Labute approximate surface area is 789 Å². The number of sulfonamides is 4. The average Bonchev–Trinajstić information content (AvgIpc) is 1.59. The summed E-state index contributed by atoms with van der Waals surface area (Å²) in [6.07, 6.45) is 17.8. The van der Waals surface area contributed by atoms with Crippen LogP contribution in [0.3, 0.4) is 0 Å². The summed E-state index contributed by atoms with van der Waals surface area (Å²) >= 11 is 13.7. The molecule has 4 saturated carbocycles. The Morgan fingerprint density at radius 3 is 0.838 bits per heavy atom. The van der Waals surface area contributed by atoms with Crippen LogP contribution in [-0.2, 0) is 62.2 Å². The van der Waals surface area contributed by atoms with Crippen molar-refractivity contribution in [2.75, 3.05) is 0 Å². The summed E-state index contributed by atoms with van der Waals surface area (Å²) in [5.41, 5.74) is 8.95. The molecule has 7 aromatic heterocycles. The fourth-order valence-corrected chi connectivity index (χ4v) is 22.1. The zero-order valence-electron chi connectivity index (χ0n) is 74.5. The van der Waals surface area contributed by atoms with Crippen LogP contribution in [0.25, 0.3) is 45.0 Å². The molecular weight excluding hydrogens is 2020 g/mol. The maximum atomic E-state index is 14.3. The number of pyridine rings is 3. The first-order valence-electron chi connectivity index (χ1n) is 42.2. The molecule has 4 aliphatic rings. The van der Waals surface area contributed by atoms with Crippen LogP contribution in [0.5, 0.6) is 0 Å². The number of benzene rings is 5. The molecule has 0 bridgehead atoms. The van der Waals surface area contributed by atoms with Gasteiger partial charge in [0.1, 0.15) is 26.3 Å². The largest absolute Gasteiger partial charge is 0.260 e. The van der Waals surface area contributed by atoms with Gasteiger partial charge in [-0.1, -0.05) is 33.6 Å². The van der Waals surface area contributed by atoms with E-state index in [0.29, 0.717) is 68.5 Å². The van der Waals surface area contributed by atoms with Crippen LogP contribution in [0, 0.1) is 86.3 Å². The van der Waals surface area contributed by atoms with Crippen LogP contribution in [0.2, 0.25) is 0 Å². The minimum Gasteiger partial charge on any atom is -0.260 e. The van der Waals surface area contributed by atoms with Crippen molar-refractivity contribution in [3.63, 3.8) is 0 Å². The maximum Gasteiger partial charge on any atom is 0.242 e. The third-order valence-corrected chi connectivity index (χ3v) is 30.8. The fourth-order valence-electron chi connectivity index (χ4n) is 15.1. The third kappa shape index (κ3) is 23.1. The van der Waals surface area contributed by atoms with E-state index in [1.807, 2.05) is 106 Å². The van der Waals surface area contributed by atoms with E-state index in [2.05, 4.69) is 118 Å². The second-order valence-corrected chi connectivity index (χ2v) is 47.6. The highest BCUT2D eigenvalue weighted by Gasteiger charge is 2.45. The van der Waals surface area contributed by atoms with Gasteiger partial charge < -0.3 is 0 Å². The van der Waals surface area contributed by atoms with Crippen molar-refractivity contribution < 1.29 is 60.0 Å². The Kier molecular flexibility index (Phi) is 29.3. The maximum absolute atomic E-state index is 14.3. The van der Waals surface area contributed by atoms with Crippen molar-refractivity contribution in [3.8, 4) is 45.0 Å². The highest BCUT2D eigenvalue weighted by atomic mass is 79.9. The number of rotatable bonds is 24.